The Hall–Kier alpha value is -3.10. The molecule has 37 heavy (non-hydrogen) atoms. The first-order chi connectivity index (χ1) is 17.6. The Balaban J connectivity index is 1.41. The van der Waals surface area contributed by atoms with E-state index in [0.717, 1.165) is 30.0 Å². The summed E-state index contributed by atoms with van der Waals surface area (Å²) in [5.74, 6) is -0.716. The highest BCUT2D eigenvalue weighted by atomic mass is 79.9. The summed E-state index contributed by atoms with van der Waals surface area (Å²) in [6, 6.07) is 2.26. The van der Waals surface area contributed by atoms with E-state index >= 15 is 0 Å². The number of nitrogens with one attached hydrogen (secondary N) is 1. The Bertz CT molecular complexity index is 1480. The molecule has 1 fully saturated rings. The van der Waals surface area contributed by atoms with E-state index in [2.05, 4.69) is 41.2 Å². The molecule has 0 bridgehead atoms. The topological polar surface area (TPSA) is 98.1 Å². The zero-order chi connectivity index (χ0) is 26.3. The quantitative estimate of drug-likeness (QED) is 0.353. The Morgan fingerprint density at radius 1 is 1.22 bits per heavy atom. The van der Waals surface area contributed by atoms with Crippen molar-refractivity contribution >= 4 is 55.0 Å². The largest absolute Gasteiger partial charge is 0.433 e. The maximum Gasteiger partial charge on any atom is 0.433 e. The van der Waals surface area contributed by atoms with Gasteiger partial charge in [-0.3, -0.25) is 9.48 Å². The number of pyridine rings is 2. The van der Waals surface area contributed by atoms with Crippen molar-refractivity contribution in [2.45, 2.75) is 26.6 Å². The van der Waals surface area contributed by atoms with Crippen molar-refractivity contribution in [1.29, 1.82) is 0 Å². The molecule has 0 aliphatic carbocycles. The third kappa shape index (κ3) is 5.31. The molecule has 194 valence electrons. The Labute approximate surface area is 221 Å². The highest BCUT2D eigenvalue weighted by molar-refractivity contribution is 9.10. The third-order valence-electron chi connectivity index (χ3n) is 5.92. The maximum absolute atomic E-state index is 13.5. The van der Waals surface area contributed by atoms with Crippen molar-refractivity contribution in [3.05, 3.63) is 56.5 Å². The van der Waals surface area contributed by atoms with E-state index in [1.807, 2.05) is 5.38 Å². The summed E-state index contributed by atoms with van der Waals surface area (Å²) in [6.45, 7) is 6.80. The number of aryl methyl sites for hydroxylation is 1. The summed E-state index contributed by atoms with van der Waals surface area (Å²) in [5, 5.41) is 10.4. The average molecular weight is 596 g/mol. The van der Waals surface area contributed by atoms with Crippen molar-refractivity contribution in [1.82, 2.24) is 24.7 Å². The van der Waals surface area contributed by atoms with E-state index in [1.54, 1.807) is 29.9 Å². The molecule has 0 atom stereocenters. The molecule has 0 spiro atoms. The van der Waals surface area contributed by atoms with Gasteiger partial charge in [0.15, 0.2) is 10.8 Å². The predicted molar refractivity (Wildman–Crippen MR) is 136 cm³/mol. The number of rotatable bonds is 5. The molecule has 14 heteroatoms. The van der Waals surface area contributed by atoms with E-state index < -0.39 is 17.8 Å². The zero-order valence-corrected chi connectivity index (χ0v) is 22.2. The number of fused-ring (bicyclic) bond motifs is 1. The summed E-state index contributed by atoms with van der Waals surface area (Å²) in [7, 11) is 0. The minimum atomic E-state index is -4.73. The number of carbonyl (C=O) groups excluding carboxylic acids is 1. The van der Waals surface area contributed by atoms with Crippen molar-refractivity contribution < 1.29 is 22.7 Å². The number of carbonyl (C=O) groups is 1. The number of aromatic nitrogens is 5. The molecule has 1 aliphatic rings. The predicted octanol–water partition coefficient (Wildman–Crippen LogP) is 4.82. The summed E-state index contributed by atoms with van der Waals surface area (Å²) in [5.41, 5.74) is 0.877. The Kier molecular flexibility index (Phi) is 6.89. The van der Waals surface area contributed by atoms with Crippen LogP contribution in [0.5, 0.6) is 0 Å². The van der Waals surface area contributed by atoms with Gasteiger partial charge < -0.3 is 15.0 Å². The number of amides is 1. The molecular weight excluding hydrogens is 575 g/mol. The SMILES string of the molecule is Cc1nn(Cc2csc(N3CCOCC3)n2)c(C)c1NC(=O)c1cc(C(F)(F)F)nc2ncc(Br)cc12. The fourth-order valence-electron chi connectivity index (χ4n) is 4.05. The second kappa shape index (κ2) is 9.99. The summed E-state index contributed by atoms with van der Waals surface area (Å²) >= 11 is 4.80. The molecule has 4 aromatic rings. The molecule has 1 saturated heterocycles. The van der Waals surface area contributed by atoms with Crippen LogP contribution in [-0.2, 0) is 17.5 Å². The molecule has 0 saturated carbocycles. The maximum atomic E-state index is 13.5. The molecule has 0 radical (unpaired) electrons. The molecule has 1 amide bonds. The van der Waals surface area contributed by atoms with E-state index in [9.17, 15) is 18.0 Å². The Morgan fingerprint density at radius 2 is 1.97 bits per heavy atom. The Morgan fingerprint density at radius 3 is 2.70 bits per heavy atom. The minimum Gasteiger partial charge on any atom is -0.378 e. The van der Waals surface area contributed by atoms with Gasteiger partial charge in [0.05, 0.1) is 48.1 Å². The first-order valence-electron chi connectivity index (χ1n) is 11.3. The van der Waals surface area contributed by atoms with E-state index in [4.69, 9.17) is 9.72 Å². The number of morpholine rings is 1. The summed E-state index contributed by atoms with van der Waals surface area (Å²) < 4.78 is 48.0. The van der Waals surface area contributed by atoms with Gasteiger partial charge in [0.1, 0.15) is 5.69 Å². The van der Waals surface area contributed by atoms with E-state index in [1.165, 1.54) is 12.3 Å². The van der Waals surface area contributed by atoms with Crippen molar-refractivity contribution in [3.63, 3.8) is 0 Å². The van der Waals surface area contributed by atoms with Crippen LogP contribution >= 0.6 is 27.3 Å². The third-order valence-corrected chi connectivity index (χ3v) is 7.30. The zero-order valence-electron chi connectivity index (χ0n) is 19.8. The van der Waals surface area contributed by atoms with Gasteiger partial charge in [-0.15, -0.1) is 11.3 Å². The van der Waals surface area contributed by atoms with Crippen LogP contribution in [0.3, 0.4) is 0 Å². The lowest BCUT2D eigenvalue weighted by Crippen LogP contribution is -2.36. The normalized spacial score (nSPS) is 14.4. The van der Waals surface area contributed by atoms with Crippen molar-refractivity contribution in [3.8, 4) is 0 Å². The number of halogens is 4. The van der Waals surface area contributed by atoms with Crippen LogP contribution in [0.25, 0.3) is 11.0 Å². The van der Waals surface area contributed by atoms with Crippen LogP contribution in [0.4, 0.5) is 24.0 Å². The van der Waals surface area contributed by atoms with Crippen molar-refractivity contribution in [2.75, 3.05) is 36.5 Å². The molecule has 9 nitrogen and oxygen atoms in total. The second-order valence-corrected chi connectivity index (χ2v) is 10.2. The number of anilines is 2. The first-order valence-corrected chi connectivity index (χ1v) is 12.9. The highest BCUT2D eigenvalue weighted by Gasteiger charge is 2.34. The fraction of sp³-hybridized carbons (Fsp3) is 0.348. The molecule has 4 aromatic heterocycles. The lowest BCUT2D eigenvalue weighted by molar-refractivity contribution is -0.141. The van der Waals surface area contributed by atoms with Gasteiger partial charge in [-0.25, -0.2) is 15.0 Å². The molecule has 1 aliphatic heterocycles. The standard InChI is InChI=1S/C23H21BrF3N7O2S/c1-12-19(13(2)34(32-12)10-15-11-37-22(29-15)33-3-5-36-6-4-33)31-21(35)17-8-18(23(25,26)27)30-20-16(17)7-14(24)9-28-20/h7-9,11H,3-6,10H2,1-2H3,(H,31,35). The van der Waals surface area contributed by atoms with Gasteiger partial charge in [-0.2, -0.15) is 18.3 Å². The van der Waals surface area contributed by atoms with Gasteiger partial charge in [-0.05, 0) is 41.9 Å². The van der Waals surface area contributed by atoms with Crippen molar-refractivity contribution in [2.24, 2.45) is 0 Å². The van der Waals surface area contributed by atoms with Crippen LogP contribution in [0.2, 0.25) is 0 Å². The van der Waals surface area contributed by atoms with E-state index in [0.29, 0.717) is 41.3 Å². The molecular formula is C23H21BrF3N7O2S. The molecule has 1 N–H and O–H groups in total. The number of ether oxygens (including phenoxy) is 1. The number of hydrogen-bond acceptors (Lipinski definition) is 8. The number of thiazole rings is 1. The first kappa shape index (κ1) is 25.5. The smallest absolute Gasteiger partial charge is 0.378 e. The van der Waals surface area contributed by atoms with Gasteiger partial charge in [0, 0.05) is 34.5 Å². The molecule has 0 unspecified atom stereocenters. The molecule has 5 rings (SSSR count). The minimum absolute atomic E-state index is 0.174. The number of alkyl halides is 3. The number of nitrogens with zero attached hydrogens (tertiary/aromatic N) is 6. The fourth-order valence-corrected chi connectivity index (χ4v) is 5.25. The van der Waals surface area contributed by atoms with Crippen LogP contribution < -0.4 is 10.2 Å². The monoisotopic (exact) mass is 595 g/mol. The van der Waals surface area contributed by atoms with Gasteiger partial charge >= 0.3 is 6.18 Å². The second-order valence-electron chi connectivity index (χ2n) is 8.46. The van der Waals surface area contributed by atoms with Crippen LogP contribution in [0.1, 0.15) is 33.1 Å². The molecule has 5 heterocycles. The lowest BCUT2D eigenvalue weighted by Gasteiger charge is -2.26. The van der Waals surface area contributed by atoms with E-state index in [-0.39, 0.29) is 16.6 Å². The van der Waals surface area contributed by atoms with Crippen LogP contribution in [0, 0.1) is 13.8 Å². The van der Waals surface area contributed by atoms with Crippen LogP contribution in [0.15, 0.2) is 28.2 Å². The summed E-state index contributed by atoms with van der Waals surface area (Å²) in [4.78, 5) is 27.7. The van der Waals surface area contributed by atoms with Gasteiger partial charge in [0.25, 0.3) is 5.91 Å². The summed E-state index contributed by atoms with van der Waals surface area (Å²) in [6.07, 6.45) is -3.40. The highest BCUT2D eigenvalue weighted by Crippen LogP contribution is 2.32. The average Bonchev–Trinajstić information content (AvgIpc) is 3.43. The molecule has 0 aromatic carbocycles. The van der Waals surface area contributed by atoms with Gasteiger partial charge in [0.2, 0.25) is 0 Å². The number of hydrogen-bond donors (Lipinski definition) is 1. The lowest BCUT2D eigenvalue weighted by atomic mass is 10.1. The van der Waals surface area contributed by atoms with Gasteiger partial charge in [-0.1, -0.05) is 0 Å². The van der Waals surface area contributed by atoms with Crippen LogP contribution in [-0.4, -0.2) is 56.9 Å².